The Morgan fingerprint density at radius 2 is 2.10 bits per heavy atom. The fraction of sp³-hybridized carbons (Fsp3) is 0.348. The van der Waals surface area contributed by atoms with Crippen LogP contribution in [0.5, 0.6) is 0 Å². The van der Waals surface area contributed by atoms with E-state index in [0.717, 1.165) is 22.5 Å². The zero-order chi connectivity index (χ0) is 22.4. The summed E-state index contributed by atoms with van der Waals surface area (Å²) in [6, 6.07) is 10.9. The van der Waals surface area contributed by atoms with E-state index >= 15 is 0 Å². The van der Waals surface area contributed by atoms with Gasteiger partial charge in [0.25, 0.3) is 5.56 Å². The number of aryl methyl sites for hydroxylation is 3. The Bertz CT molecular complexity index is 1190. The minimum atomic E-state index is -0.197. The van der Waals surface area contributed by atoms with Gasteiger partial charge in [-0.3, -0.25) is 14.3 Å². The summed E-state index contributed by atoms with van der Waals surface area (Å²) in [5, 5.41) is 16.2. The second-order valence-corrected chi connectivity index (χ2v) is 7.35. The summed E-state index contributed by atoms with van der Waals surface area (Å²) in [7, 11) is 0. The van der Waals surface area contributed by atoms with Gasteiger partial charge in [-0.25, -0.2) is 4.98 Å². The number of aromatic amines is 1. The lowest BCUT2D eigenvalue weighted by Gasteiger charge is -2.08. The minimum absolute atomic E-state index is 0.107. The van der Waals surface area contributed by atoms with E-state index < -0.39 is 0 Å². The van der Waals surface area contributed by atoms with Crippen molar-refractivity contribution in [2.75, 3.05) is 5.32 Å². The molecule has 0 aliphatic carbocycles. The van der Waals surface area contributed by atoms with E-state index in [9.17, 15) is 9.59 Å². The molecule has 3 aromatic rings. The van der Waals surface area contributed by atoms with Crippen LogP contribution in [0.15, 0.2) is 35.1 Å². The Hall–Kier alpha value is -3.73. The van der Waals surface area contributed by atoms with E-state index in [1.807, 2.05) is 37.6 Å². The first-order valence-electron chi connectivity index (χ1n) is 10.3. The van der Waals surface area contributed by atoms with Crippen LogP contribution in [0.3, 0.4) is 0 Å². The number of aromatic nitrogens is 4. The third-order valence-corrected chi connectivity index (χ3v) is 5.15. The van der Waals surface area contributed by atoms with Crippen LogP contribution in [0, 0.1) is 25.2 Å². The smallest absolute Gasteiger partial charge is 0.251 e. The van der Waals surface area contributed by atoms with Gasteiger partial charge in [-0.2, -0.15) is 10.4 Å². The van der Waals surface area contributed by atoms with Gasteiger partial charge in [0.15, 0.2) is 0 Å². The van der Waals surface area contributed by atoms with E-state index in [1.54, 1.807) is 12.1 Å². The fourth-order valence-corrected chi connectivity index (χ4v) is 3.50. The predicted octanol–water partition coefficient (Wildman–Crippen LogP) is 3.30. The highest BCUT2D eigenvalue weighted by atomic mass is 16.1. The molecule has 2 heterocycles. The van der Waals surface area contributed by atoms with E-state index in [4.69, 9.17) is 5.26 Å². The molecule has 0 spiro atoms. The van der Waals surface area contributed by atoms with Crippen molar-refractivity contribution in [3.63, 3.8) is 0 Å². The molecule has 0 bridgehead atoms. The summed E-state index contributed by atoms with van der Waals surface area (Å²) in [5.41, 5.74) is 4.82. The van der Waals surface area contributed by atoms with Crippen molar-refractivity contribution in [3.8, 4) is 17.5 Å². The zero-order valence-electron chi connectivity index (χ0n) is 18.0. The molecule has 31 heavy (non-hydrogen) atoms. The van der Waals surface area contributed by atoms with E-state index in [-0.39, 0.29) is 11.5 Å². The Labute approximate surface area is 181 Å². The molecular formula is C23H26N6O2. The summed E-state index contributed by atoms with van der Waals surface area (Å²) in [5.74, 6) is 0.376. The average molecular weight is 419 g/mol. The number of nitrogens with one attached hydrogen (secondary N) is 2. The van der Waals surface area contributed by atoms with E-state index in [1.165, 1.54) is 6.07 Å². The SMILES string of the molecule is CCc1cc(=O)[nH]c(-c2cccc(NC(=O)CCc3c(C)nn(CCC#N)c3C)c2)n1. The quantitative estimate of drug-likeness (QED) is 0.582. The zero-order valence-corrected chi connectivity index (χ0v) is 18.0. The third kappa shape index (κ3) is 5.45. The monoisotopic (exact) mass is 418 g/mol. The molecule has 0 saturated carbocycles. The first kappa shape index (κ1) is 22.0. The van der Waals surface area contributed by atoms with Crippen molar-refractivity contribution < 1.29 is 4.79 Å². The molecule has 0 aliphatic heterocycles. The van der Waals surface area contributed by atoms with Gasteiger partial charge < -0.3 is 10.3 Å². The van der Waals surface area contributed by atoms with Gasteiger partial charge in [0.05, 0.1) is 24.7 Å². The van der Waals surface area contributed by atoms with Gasteiger partial charge in [-0.05, 0) is 44.4 Å². The number of amides is 1. The molecule has 8 nitrogen and oxygen atoms in total. The number of H-pyrrole nitrogens is 1. The first-order chi connectivity index (χ1) is 14.9. The highest BCUT2D eigenvalue weighted by Gasteiger charge is 2.13. The number of carbonyl (C=O) groups excluding carboxylic acids is 1. The molecule has 0 radical (unpaired) electrons. The number of hydrogen-bond acceptors (Lipinski definition) is 5. The molecule has 2 N–H and O–H groups in total. The summed E-state index contributed by atoms with van der Waals surface area (Å²) in [6.07, 6.45) is 1.96. The Morgan fingerprint density at radius 1 is 1.29 bits per heavy atom. The van der Waals surface area contributed by atoms with Crippen molar-refractivity contribution >= 4 is 11.6 Å². The third-order valence-electron chi connectivity index (χ3n) is 5.15. The number of anilines is 1. The van der Waals surface area contributed by atoms with Crippen LogP contribution in [0.2, 0.25) is 0 Å². The van der Waals surface area contributed by atoms with E-state index in [2.05, 4.69) is 26.5 Å². The van der Waals surface area contributed by atoms with Crippen LogP contribution in [-0.4, -0.2) is 25.7 Å². The van der Waals surface area contributed by atoms with Crippen LogP contribution in [-0.2, 0) is 24.2 Å². The molecule has 3 rings (SSSR count). The molecule has 0 atom stereocenters. The molecule has 160 valence electrons. The summed E-state index contributed by atoms with van der Waals surface area (Å²) in [4.78, 5) is 31.6. The number of hydrogen-bond donors (Lipinski definition) is 2. The molecule has 2 aromatic heterocycles. The van der Waals surface area contributed by atoms with Crippen molar-refractivity contribution in [1.29, 1.82) is 5.26 Å². The van der Waals surface area contributed by atoms with Gasteiger partial charge >= 0.3 is 0 Å². The minimum Gasteiger partial charge on any atom is -0.326 e. The largest absolute Gasteiger partial charge is 0.326 e. The molecule has 1 amide bonds. The van der Waals surface area contributed by atoms with Crippen LogP contribution >= 0.6 is 0 Å². The Morgan fingerprint density at radius 3 is 2.84 bits per heavy atom. The van der Waals surface area contributed by atoms with Crippen molar-refractivity contribution in [2.24, 2.45) is 0 Å². The number of nitrogens with zero attached hydrogens (tertiary/aromatic N) is 4. The number of rotatable bonds is 8. The lowest BCUT2D eigenvalue weighted by Crippen LogP contribution is -2.13. The molecule has 0 unspecified atom stereocenters. The number of benzene rings is 1. The van der Waals surface area contributed by atoms with Gasteiger partial charge in [0, 0.05) is 35.1 Å². The first-order valence-corrected chi connectivity index (χ1v) is 10.3. The topological polar surface area (TPSA) is 116 Å². The van der Waals surface area contributed by atoms with Crippen LogP contribution in [0.4, 0.5) is 5.69 Å². The van der Waals surface area contributed by atoms with E-state index in [0.29, 0.717) is 49.4 Å². The van der Waals surface area contributed by atoms with Crippen LogP contribution in [0.1, 0.15) is 42.4 Å². The lowest BCUT2D eigenvalue weighted by molar-refractivity contribution is -0.116. The molecular weight excluding hydrogens is 392 g/mol. The Kier molecular flexibility index (Phi) is 6.98. The van der Waals surface area contributed by atoms with Gasteiger partial charge in [-0.15, -0.1) is 0 Å². The average Bonchev–Trinajstić information content (AvgIpc) is 3.03. The van der Waals surface area contributed by atoms with Crippen LogP contribution < -0.4 is 10.9 Å². The molecule has 1 aromatic carbocycles. The second-order valence-electron chi connectivity index (χ2n) is 7.35. The molecule has 0 aliphatic rings. The summed E-state index contributed by atoms with van der Waals surface area (Å²) in [6.45, 7) is 6.38. The van der Waals surface area contributed by atoms with Crippen molar-refractivity contribution in [1.82, 2.24) is 19.7 Å². The standard InChI is InChI=1S/C23H26N6O2/c1-4-18-14-22(31)27-23(26-18)17-7-5-8-19(13-17)25-21(30)10-9-20-15(2)28-29(16(20)3)12-6-11-24/h5,7-8,13-14H,4,6,9-10,12H2,1-3H3,(H,25,30)(H,26,27,31). The van der Waals surface area contributed by atoms with Crippen LogP contribution in [0.25, 0.3) is 11.4 Å². The highest BCUT2D eigenvalue weighted by molar-refractivity contribution is 5.91. The number of nitriles is 1. The fourth-order valence-electron chi connectivity index (χ4n) is 3.50. The Balaban J connectivity index is 1.68. The molecule has 0 saturated heterocycles. The van der Waals surface area contributed by atoms with Gasteiger partial charge in [0.2, 0.25) is 5.91 Å². The maximum Gasteiger partial charge on any atom is 0.251 e. The maximum atomic E-state index is 12.5. The summed E-state index contributed by atoms with van der Waals surface area (Å²) >= 11 is 0. The van der Waals surface area contributed by atoms with Gasteiger partial charge in [0.1, 0.15) is 5.82 Å². The highest BCUT2D eigenvalue weighted by Crippen LogP contribution is 2.20. The molecule has 8 heteroatoms. The maximum absolute atomic E-state index is 12.5. The molecule has 0 fully saturated rings. The second kappa shape index (κ2) is 9.85. The predicted molar refractivity (Wildman–Crippen MR) is 119 cm³/mol. The normalized spacial score (nSPS) is 10.6. The van der Waals surface area contributed by atoms with Crippen molar-refractivity contribution in [2.45, 2.75) is 53.0 Å². The van der Waals surface area contributed by atoms with Crippen molar-refractivity contribution in [3.05, 3.63) is 63.3 Å². The summed E-state index contributed by atoms with van der Waals surface area (Å²) < 4.78 is 1.83. The number of carbonyl (C=O) groups is 1. The van der Waals surface area contributed by atoms with Gasteiger partial charge in [-0.1, -0.05) is 19.1 Å². The lowest BCUT2D eigenvalue weighted by atomic mass is 10.1.